The Morgan fingerprint density at radius 1 is 1.06 bits per heavy atom. The molecule has 35 heavy (non-hydrogen) atoms. The van der Waals surface area contributed by atoms with Crippen LogP contribution in [0, 0.1) is 17.7 Å². The number of ether oxygens (including phenoxy) is 2. The van der Waals surface area contributed by atoms with Crippen LogP contribution < -0.4 is 44.1 Å². The number of aliphatic carboxylic acids is 1. The van der Waals surface area contributed by atoms with Crippen molar-refractivity contribution in [2.75, 3.05) is 7.11 Å². The van der Waals surface area contributed by atoms with Crippen LogP contribution in [0.3, 0.4) is 0 Å². The van der Waals surface area contributed by atoms with Gasteiger partial charge in [-0.05, 0) is 84.0 Å². The van der Waals surface area contributed by atoms with Crippen LogP contribution in [0.25, 0.3) is 11.1 Å². The average Bonchev–Trinajstić information content (AvgIpc) is 3.69. The van der Waals surface area contributed by atoms with Crippen molar-refractivity contribution in [2.24, 2.45) is 11.8 Å². The van der Waals surface area contributed by atoms with E-state index in [0.717, 1.165) is 53.7 Å². The summed E-state index contributed by atoms with van der Waals surface area (Å²) in [5.41, 5.74) is 4.47. The Labute approximate surface area is 227 Å². The van der Waals surface area contributed by atoms with Crippen LogP contribution in [0.5, 0.6) is 11.5 Å². The molecule has 0 radical (unpaired) electrons. The van der Waals surface area contributed by atoms with Gasteiger partial charge in [0.25, 0.3) is 0 Å². The molecule has 0 aromatic heterocycles. The van der Waals surface area contributed by atoms with E-state index in [9.17, 15) is 14.3 Å². The van der Waals surface area contributed by atoms with Gasteiger partial charge in [0.15, 0.2) is 0 Å². The summed E-state index contributed by atoms with van der Waals surface area (Å²) in [6.07, 6.45) is 3.74. The van der Waals surface area contributed by atoms with Crippen molar-refractivity contribution in [3.8, 4) is 22.6 Å². The molecule has 1 saturated carbocycles. The molecule has 2 aliphatic rings. The maximum absolute atomic E-state index is 14.4. The molecule has 0 bridgehead atoms. The number of aryl methyl sites for hydroxylation is 1. The van der Waals surface area contributed by atoms with Crippen molar-refractivity contribution < 1.29 is 53.3 Å². The number of fused-ring (bicyclic) bond motifs is 1. The zero-order chi connectivity index (χ0) is 23.8. The number of carbonyl (C=O) groups is 1. The molecule has 0 amide bonds. The van der Waals surface area contributed by atoms with Gasteiger partial charge in [-0.25, -0.2) is 4.39 Å². The van der Waals surface area contributed by atoms with Crippen molar-refractivity contribution in [2.45, 2.75) is 44.6 Å². The van der Waals surface area contributed by atoms with Crippen LogP contribution in [0.4, 0.5) is 4.39 Å². The zero-order valence-corrected chi connectivity index (χ0v) is 22.4. The van der Waals surface area contributed by atoms with Crippen LogP contribution in [-0.2, 0) is 11.2 Å². The SMILES string of the molecule is COc1ccc(F)c(-c2ccc([C@@H]3CCc4ccc(C(C5CC5)C(C)C(=O)[O-])cc4O3)cc2)c1.[Na+]. The fourth-order valence-electron chi connectivity index (χ4n) is 5.13. The molecular formula is C29H28FNaO4. The first-order chi connectivity index (χ1) is 16.4. The molecule has 3 aromatic carbocycles. The van der Waals surface area contributed by atoms with E-state index in [-0.39, 0.29) is 47.4 Å². The number of halogens is 1. The average molecular weight is 483 g/mol. The van der Waals surface area contributed by atoms with E-state index >= 15 is 0 Å². The number of carbonyl (C=O) groups excluding carboxylic acids is 1. The standard InChI is InChI=1S/C29H29FO4.Na/c1-17(29(31)32)28(21-8-9-21)22-10-7-20-11-14-26(34-27(20)15-22)19-5-3-18(4-6-19)24-16-23(33-2)12-13-25(24)30;/h3-7,10,12-13,15-17,21,26,28H,8-9,11,14H2,1-2H3,(H,31,32);/q;+1/p-1/t17?,26-,28?;/m0./s1. The van der Waals surface area contributed by atoms with Crippen LogP contribution in [0.15, 0.2) is 60.7 Å². The van der Waals surface area contributed by atoms with Gasteiger partial charge in [0.2, 0.25) is 0 Å². The Bertz CT molecular complexity index is 1210. The number of carboxylic acids is 1. The number of carboxylic acid groups (broad SMARTS) is 1. The quantitative estimate of drug-likeness (QED) is 0.486. The van der Waals surface area contributed by atoms with E-state index in [2.05, 4.69) is 12.1 Å². The van der Waals surface area contributed by atoms with E-state index in [4.69, 9.17) is 9.47 Å². The van der Waals surface area contributed by atoms with Gasteiger partial charge < -0.3 is 19.4 Å². The third-order valence-corrected chi connectivity index (χ3v) is 7.23. The second-order valence-corrected chi connectivity index (χ2v) is 9.45. The molecule has 3 atom stereocenters. The third kappa shape index (κ3) is 5.42. The molecule has 3 aromatic rings. The van der Waals surface area contributed by atoms with Gasteiger partial charge in [0, 0.05) is 17.5 Å². The number of benzene rings is 3. The van der Waals surface area contributed by atoms with Crippen molar-refractivity contribution >= 4 is 5.97 Å². The summed E-state index contributed by atoms with van der Waals surface area (Å²) in [7, 11) is 1.57. The molecule has 5 rings (SSSR count). The number of methoxy groups -OCH3 is 1. The van der Waals surface area contributed by atoms with Crippen LogP contribution in [-0.4, -0.2) is 13.1 Å². The Hall–Kier alpha value is -2.34. The summed E-state index contributed by atoms with van der Waals surface area (Å²) in [6, 6.07) is 18.7. The Balaban J connectivity index is 0.00000289. The van der Waals surface area contributed by atoms with Crippen molar-refractivity contribution in [1.29, 1.82) is 0 Å². The van der Waals surface area contributed by atoms with Gasteiger partial charge in [0.1, 0.15) is 23.4 Å². The van der Waals surface area contributed by atoms with Crippen molar-refractivity contribution in [1.82, 2.24) is 0 Å². The summed E-state index contributed by atoms with van der Waals surface area (Å²) < 4.78 is 26.0. The Kier molecular flexibility index (Phi) is 7.89. The Morgan fingerprint density at radius 3 is 2.46 bits per heavy atom. The van der Waals surface area contributed by atoms with E-state index in [0.29, 0.717) is 17.2 Å². The van der Waals surface area contributed by atoms with Crippen molar-refractivity contribution in [3.63, 3.8) is 0 Å². The summed E-state index contributed by atoms with van der Waals surface area (Å²) in [4.78, 5) is 11.6. The maximum Gasteiger partial charge on any atom is 1.00 e. The smallest absolute Gasteiger partial charge is 0.550 e. The topological polar surface area (TPSA) is 58.6 Å². The number of hydrogen-bond acceptors (Lipinski definition) is 4. The second kappa shape index (κ2) is 10.7. The molecular weight excluding hydrogens is 454 g/mol. The summed E-state index contributed by atoms with van der Waals surface area (Å²) in [5, 5.41) is 11.6. The normalized spacial score (nSPS) is 18.4. The number of hydrogen-bond donors (Lipinski definition) is 0. The van der Waals surface area contributed by atoms with Gasteiger partial charge in [0.05, 0.1) is 7.11 Å². The minimum absolute atomic E-state index is 0. The zero-order valence-electron chi connectivity index (χ0n) is 20.4. The van der Waals surface area contributed by atoms with Gasteiger partial charge in [-0.15, -0.1) is 0 Å². The second-order valence-electron chi connectivity index (χ2n) is 9.45. The van der Waals surface area contributed by atoms with Gasteiger partial charge >= 0.3 is 29.6 Å². The molecule has 2 unspecified atom stereocenters. The predicted molar refractivity (Wildman–Crippen MR) is 126 cm³/mol. The fraction of sp³-hybridized carbons (Fsp3) is 0.345. The first-order valence-corrected chi connectivity index (χ1v) is 11.9. The molecule has 0 spiro atoms. The van der Waals surface area contributed by atoms with Crippen LogP contribution >= 0.6 is 0 Å². The van der Waals surface area contributed by atoms with E-state index < -0.39 is 11.9 Å². The molecule has 176 valence electrons. The molecule has 1 heterocycles. The molecule has 1 aliphatic carbocycles. The van der Waals surface area contributed by atoms with Gasteiger partial charge in [-0.1, -0.05) is 43.3 Å². The molecule has 6 heteroatoms. The molecule has 1 fully saturated rings. The monoisotopic (exact) mass is 482 g/mol. The van der Waals surface area contributed by atoms with E-state index in [1.54, 1.807) is 26.2 Å². The minimum Gasteiger partial charge on any atom is -0.550 e. The van der Waals surface area contributed by atoms with Crippen molar-refractivity contribution in [3.05, 3.63) is 83.2 Å². The maximum atomic E-state index is 14.4. The number of rotatable bonds is 7. The molecule has 4 nitrogen and oxygen atoms in total. The summed E-state index contributed by atoms with van der Waals surface area (Å²) >= 11 is 0. The van der Waals surface area contributed by atoms with Gasteiger partial charge in [-0.3, -0.25) is 0 Å². The first-order valence-electron chi connectivity index (χ1n) is 11.9. The molecule has 1 aliphatic heterocycles. The largest absolute Gasteiger partial charge is 1.00 e. The van der Waals surface area contributed by atoms with E-state index in [1.165, 1.54) is 6.07 Å². The van der Waals surface area contributed by atoms with Gasteiger partial charge in [-0.2, -0.15) is 0 Å². The van der Waals surface area contributed by atoms with E-state index in [1.807, 2.05) is 30.3 Å². The fourth-order valence-corrected chi connectivity index (χ4v) is 5.13. The van der Waals surface area contributed by atoms with Crippen LogP contribution in [0.2, 0.25) is 0 Å². The molecule has 0 saturated heterocycles. The summed E-state index contributed by atoms with van der Waals surface area (Å²) in [5.74, 6) is -0.0320. The minimum atomic E-state index is -0.999. The third-order valence-electron chi connectivity index (χ3n) is 7.23. The molecule has 0 N–H and O–H groups in total. The predicted octanol–water partition coefficient (Wildman–Crippen LogP) is 2.45. The summed E-state index contributed by atoms with van der Waals surface area (Å²) in [6.45, 7) is 1.74. The Morgan fingerprint density at radius 2 is 1.80 bits per heavy atom. The first kappa shape index (κ1) is 25.7. The van der Waals surface area contributed by atoms with Crippen LogP contribution in [0.1, 0.15) is 54.9 Å².